The molecule has 1 aliphatic rings. The molecule has 1 aromatic heterocycles. The van der Waals surface area contributed by atoms with Crippen LogP contribution in [0.15, 0.2) is 30.3 Å². The normalized spacial score (nSPS) is 18.2. The lowest BCUT2D eigenvalue weighted by Crippen LogP contribution is -2.56. The Bertz CT molecular complexity index is 1080. The van der Waals surface area contributed by atoms with Crippen LogP contribution in [0, 0.1) is 11.8 Å². The summed E-state index contributed by atoms with van der Waals surface area (Å²) in [4.78, 5) is 41.5. The van der Waals surface area contributed by atoms with Crippen molar-refractivity contribution in [3.63, 3.8) is 0 Å². The van der Waals surface area contributed by atoms with Gasteiger partial charge < -0.3 is 24.7 Å². The largest absolute Gasteiger partial charge is 0.481 e. The highest BCUT2D eigenvalue weighted by Gasteiger charge is 2.40. The number of carboxylic acid groups (broad SMARTS) is 1. The molecule has 196 valence electrons. The third kappa shape index (κ3) is 6.39. The van der Waals surface area contributed by atoms with Gasteiger partial charge in [-0.05, 0) is 45.2 Å². The number of ether oxygens (including phenoxy) is 1. The molecule has 3 rings (SSSR count). The average Bonchev–Trinajstić information content (AvgIpc) is 3.25. The first-order chi connectivity index (χ1) is 16.9. The number of aliphatic hydroxyl groups is 1. The number of rotatable bonds is 7. The molecule has 0 radical (unpaired) electrons. The lowest BCUT2D eigenvalue weighted by atomic mass is 9.92. The van der Waals surface area contributed by atoms with Crippen LogP contribution in [0.1, 0.15) is 57.2 Å². The van der Waals surface area contributed by atoms with Gasteiger partial charge in [0.25, 0.3) is 5.91 Å². The van der Waals surface area contributed by atoms with E-state index in [1.165, 1.54) is 9.58 Å². The summed E-state index contributed by atoms with van der Waals surface area (Å²) in [7, 11) is 0. The van der Waals surface area contributed by atoms with Gasteiger partial charge in [0, 0.05) is 19.6 Å². The van der Waals surface area contributed by atoms with Crippen molar-refractivity contribution < 1.29 is 29.3 Å². The minimum atomic E-state index is -1.05. The Kier molecular flexibility index (Phi) is 8.34. The number of aliphatic hydroxyl groups excluding tert-OH is 1. The van der Waals surface area contributed by atoms with Crippen molar-refractivity contribution >= 4 is 18.0 Å². The van der Waals surface area contributed by atoms with E-state index in [0.29, 0.717) is 12.2 Å². The second-order valence-electron chi connectivity index (χ2n) is 10.5. The fraction of sp³-hybridized carbons (Fsp3) is 0.560. The number of carboxylic acids is 1. The summed E-state index contributed by atoms with van der Waals surface area (Å²) in [5.74, 6) is -2.33. The van der Waals surface area contributed by atoms with Gasteiger partial charge in [-0.3, -0.25) is 9.59 Å². The molecule has 2 amide bonds. The number of aromatic nitrogens is 3. The Morgan fingerprint density at radius 1 is 1.17 bits per heavy atom. The number of nitrogens with zero attached hydrogens (tertiary/aromatic N) is 5. The average molecular weight is 502 g/mol. The van der Waals surface area contributed by atoms with E-state index in [1.807, 2.05) is 32.0 Å². The van der Waals surface area contributed by atoms with E-state index in [1.54, 1.807) is 37.8 Å². The summed E-state index contributed by atoms with van der Waals surface area (Å²) in [5.41, 5.74) is 0.114. The number of carbonyl (C=O) groups excluding carboxylic acids is 2. The van der Waals surface area contributed by atoms with E-state index in [2.05, 4.69) is 10.3 Å². The quantitative estimate of drug-likeness (QED) is 0.590. The summed E-state index contributed by atoms with van der Waals surface area (Å²) in [6, 6.07) is 8.44. The van der Waals surface area contributed by atoms with Crippen LogP contribution < -0.4 is 0 Å². The summed E-state index contributed by atoms with van der Waals surface area (Å²) in [6.07, 6.45) is -0.449. The highest BCUT2D eigenvalue weighted by Crippen LogP contribution is 2.26. The van der Waals surface area contributed by atoms with Crippen molar-refractivity contribution in [2.24, 2.45) is 11.8 Å². The van der Waals surface area contributed by atoms with Gasteiger partial charge in [0.05, 0.1) is 24.3 Å². The maximum Gasteiger partial charge on any atom is 0.410 e. The molecule has 11 heteroatoms. The molecule has 0 aliphatic carbocycles. The zero-order valence-corrected chi connectivity index (χ0v) is 21.4. The number of amides is 2. The second kappa shape index (κ2) is 11.1. The standard InChI is InChI=1S/C25H35N5O6/c1-16(2)12-29(19-11-17(23(33)34)13-28(14-19)24(35)36-25(3,4)5)22(32)21-20(15-31)30(27-26-21)18-9-7-6-8-10-18/h6-10,16-17,19,31H,11-15H2,1-5H3,(H,33,34)/t17-,19+/m1/s1. The minimum absolute atomic E-state index is 0.00344. The predicted octanol–water partition coefficient (Wildman–Crippen LogP) is 2.57. The number of piperidine rings is 1. The molecule has 1 fully saturated rings. The first kappa shape index (κ1) is 27.1. The molecule has 2 aromatic rings. The number of carbonyl (C=O) groups is 3. The molecule has 1 aromatic carbocycles. The predicted molar refractivity (Wildman–Crippen MR) is 130 cm³/mol. The number of hydrogen-bond donors (Lipinski definition) is 2. The van der Waals surface area contributed by atoms with Gasteiger partial charge >= 0.3 is 12.1 Å². The molecule has 0 saturated carbocycles. The summed E-state index contributed by atoms with van der Waals surface area (Å²) < 4.78 is 6.89. The van der Waals surface area contributed by atoms with Crippen molar-refractivity contribution in [1.29, 1.82) is 0 Å². The molecule has 36 heavy (non-hydrogen) atoms. The molecular formula is C25H35N5O6. The van der Waals surface area contributed by atoms with E-state index in [-0.39, 0.29) is 36.8 Å². The van der Waals surface area contributed by atoms with Gasteiger partial charge in [0.15, 0.2) is 5.69 Å². The van der Waals surface area contributed by atoms with Crippen LogP contribution >= 0.6 is 0 Å². The van der Waals surface area contributed by atoms with Gasteiger partial charge in [-0.2, -0.15) is 0 Å². The highest BCUT2D eigenvalue weighted by atomic mass is 16.6. The van der Waals surface area contributed by atoms with Crippen LogP contribution in [0.3, 0.4) is 0 Å². The Morgan fingerprint density at radius 2 is 1.83 bits per heavy atom. The van der Waals surface area contributed by atoms with E-state index < -0.39 is 42.1 Å². The van der Waals surface area contributed by atoms with Gasteiger partial charge in [0.2, 0.25) is 0 Å². The Morgan fingerprint density at radius 3 is 2.39 bits per heavy atom. The van der Waals surface area contributed by atoms with Crippen molar-refractivity contribution in [3.8, 4) is 5.69 Å². The molecule has 0 spiro atoms. The molecular weight excluding hydrogens is 466 g/mol. The molecule has 11 nitrogen and oxygen atoms in total. The number of hydrogen-bond acceptors (Lipinski definition) is 7. The van der Waals surface area contributed by atoms with E-state index >= 15 is 0 Å². The number of para-hydroxylation sites is 1. The summed E-state index contributed by atoms with van der Waals surface area (Å²) in [6.45, 7) is 9.06. The first-order valence-electron chi connectivity index (χ1n) is 12.0. The number of likely N-dealkylation sites (tertiary alicyclic amines) is 1. The summed E-state index contributed by atoms with van der Waals surface area (Å²) >= 11 is 0. The minimum Gasteiger partial charge on any atom is -0.481 e. The van der Waals surface area contributed by atoms with E-state index in [9.17, 15) is 24.6 Å². The van der Waals surface area contributed by atoms with Crippen LogP contribution in [0.5, 0.6) is 0 Å². The maximum absolute atomic E-state index is 13.8. The van der Waals surface area contributed by atoms with Gasteiger partial charge in [-0.25, -0.2) is 9.48 Å². The Labute approximate surface area is 210 Å². The number of benzene rings is 1. The lowest BCUT2D eigenvalue weighted by molar-refractivity contribution is -0.144. The topological polar surface area (TPSA) is 138 Å². The van der Waals surface area contributed by atoms with Crippen molar-refractivity contribution in [1.82, 2.24) is 24.8 Å². The van der Waals surface area contributed by atoms with E-state index in [4.69, 9.17) is 4.74 Å². The van der Waals surface area contributed by atoms with Gasteiger partial charge in [-0.15, -0.1) is 5.10 Å². The zero-order chi connectivity index (χ0) is 26.6. The second-order valence-corrected chi connectivity index (χ2v) is 10.5. The third-order valence-corrected chi connectivity index (χ3v) is 5.81. The van der Waals surface area contributed by atoms with Crippen LogP contribution in [0.25, 0.3) is 5.69 Å². The monoisotopic (exact) mass is 501 g/mol. The zero-order valence-electron chi connectivity index (χ0n) is 21.4. The van der Waals surface area contributed by atoms with Crippen LogP contribution in [0.4, 0.5) is 4.79 Å². The highest BCUT2D eigenvalue weighted by molar-refractivity contribution is 5.93. The summed E-state index contributed by atoms with van der Waals surface area (Å²) in [5, 5.41) is 28.0. The van der Waals surface area contributed by atoms with Crippen molar-refractivity contribution in [2.75, 3.05) is 19.6 Å². The van der Waals surface area contributed by atoms with Crippen LogP contribution in [-0.4, -0.2) is 84.3 Å². The van der Waals surface area contributed by atoms with Crippen LogP contribution in [-0.2, 0) is 16.1 Å². The van der Waals surface area contributed by atoms with Crippen molar-refractivity contribution in [2.45, 2.75) is 59.3 Å². The van der Waals surface area contributed by atoms with Crippen LogP contribution in [0.2, 0.25) is 0 Å². The lowest BCUT2D eigenvalue weighted by Gasteiger charge is -2.42. The molecule has 1 aliphatic heterocycles. The number of aliphatic carboxylic acids is 1. The Hall–Kier alpha value is -3.47. The first-order valence-corrected chi connectivity index (χ1v) is 12.0. The van der Waals surface area contributed by atoms with E-state index in [0.717, 1.165) is 0 Å². The molecule has 2 atom stereocenters. The molecule has 0 bridgehead atoms. The van der Waals surface area contributed by atoms with Gasteiger partial charge in [-0.1, -0.05) is 37.3 Å². The fourth-order valence-electron chi connectivity index (χ4n) is 4.27. The molecule has 2 N–H and O–H groups in total. The smallest absolute Gasteiger partial charge is 0.410 e. The molecule has 1 saturated heterocycles. The van der Waals surface area contributed by atoms with Crippen molar-refractivity contribution in [3.05, 3.63) is 41.7 Å². The van der Waals surface area contributed by atoms with Gasteiger partial charge in [0.1, 0.15) is 11.3 Å². The Balaban J connectivity index is 1.96. The third-order valence-electron chi connectivity index (χ3n) is 5.81. The molecule has 0 unspecified atom stereocenters. The molecule has 2 heterocycles. The SMILES string of the molecule is CC(C)CN(C(=O)c1nnn(-c2ccccc2)c1CO)[C@H]1C[C@@H](C(=O)O)CN(C(=O)OC(C)(C)C)C1. The fourth-order valence-corrected chi connectivity index (χ4v) is 4.27. The maximum atomic E-state index is 13.8.